The highest BCUT2D eigenvalue weighted by molar-refractivity contribution is 5.96. The van der Waals surface area contributed by atoms with E-state index in [1.807, 2.05) is 32.2 Å². The van der Waals surface area contributed by atoms with Crippen molar-refractivity contribution < 1.29 is 9.53 Å². The van der Waals surface area contributed by atoms with Crippen molar-refractivity contribution in [3.05, 3.63) is 29.3 Å². The third-order valence-corrected chi connectivity index (χ3v) is 2.55. The molecule has 0 aromatic heterocycles. The summed E-state index contributed by atoms with van der Waals surface area (Å²) in [5, 5.41) is 3.03. The summed E-state index contributed by atoms with van der Waals surface area (Å²) < 4.78 is 5.16. The van der Waals surface area contributed by atoms with E-state index >= 15 is 0 Å². The highest BCUT2D eigenvalue weighted by Gasteiger charge is 2.07. The summed E-state index contributed by atoms with van der Waals surface area (Å²) in [6.45, 7) is 2.82. The number of carbonyl (C=O) groups excluding carboxylic acids is 1. The van der Waals surface area contributed by atoms with Crippen LogP contribution in [0.15, 0.2) is 18.2 Å². The summed E-state index contributed by atoms with van der Waals surface area (Å²) in [6.07, 6.45) is 1.47. The van der Waals surface area contributed by atoms with E-state index in [1.165, 1.54) is 0 Å². The zero-order chi connectivity index (χ0) is 12.0. The lowest BCUT2D eigenvalue weighted by atomic mass is 10.0. The minimum absolute atomic E-state index is 0.195. The second-order valence-corrected chi connectivity index (χ2v) is 3.81. The summed E-state index contributed by atoms with van der Waals surface area (Å²) in [5.41, 5.74) is 1.77. The molecule has 0 spiro atoms. The van der Waals surface area contributed by atoms with E-state index in [0.717, 1.165) is 29.8 Å². The fourth-order valence-corrected chi connectivity index (χ4v) is 1.62. The van der Waals surface area contributed by atoms with Crippen LogP contribution in [0.4, 0.5) is 0 Å². The molecule has 0 fully saturated rings. The fraction of sp³-hybridized carbons (Fsp3) is 0.462. The summed E-state index contributed by atoms with van der Waals surface area (Å²) >= 11 is 0. The molecule has 0 saturated heterocycles. The van der Waals surface area contributed by atoms with Crippen molar-refractivity contribution in [2.75, 3.05) is 20.7 Å². The quantitative estimate of drug-likeness (QED) is 0.591. The Hall–Kier alpha value is -1.35. The van der Waals surface area contributed by atoms with Crippen molar-refractivity contribution in [1.82, 2.24) is 5.32 Å². The Morgan fingerprint density at radius 1 is 1.44 bits per heavy atom. The van der Waals surface area contributed by atoms with E-state index in [1.54, 1.807) is 7.11 Å². The largest absolute Gasteiger partial charge is 0.496 e. The van der Waals surface area contributed by atoms with E-state index in [-0.39, 0.29) is 5.78 Å². The van der Waals surface area contributed by atoms with Crippen molar-refractivity contribution in [3.63, 3.8) is 0 Å². The molecule has 3 heteroatoms. The van der Waals surface area contributed by atoms with Gasteiger partial charge in [-0.15, -0.1) is 0 Å². The second-order valence-electron chi connectivity index (χ2n) is 3.81. The molecule has 0 aliphatic rings. The molecule has 0 bridgehead atoms. The third kappa shape index (κ3) is 3.35. The Morgan fingerprint density at radius 3 is 2.75 bits per heavy atom. The molecule has 1 N–H and O–H groups in total. The molecule has 1 aromatic carbocycles. The lowest BCUT2D eigenvalue weighted by molar-refractivity contribution is 0.0980. The maximum atomic E-state index is 11.8. The summed E-state index contributed by atoms with van der Waals surface area (Å²) in [5.74, 6) is 1.02. The van der Waals surface area contributed by atoms with Crippen molar-refractivity contribution in [1.29, 1.82) is 0 Å². The first-order valence-electron chi connectivity index (χ1n) is 5.51. The molecule has 0 amide bonds. The van der Waals surface area contributed by atoms with Gasteiger partial charge in [0.1, 0.15) is 5.75 Å². The maximum Gasteiger partial charge on any atom is 0.162 e. The molecule has 1 aromatic rings. The minimum Gasteiger partial charge on any atom is -0.496 e. The van der Waals surface area contributed by atoms with Crippen molar-refractivity contribution in [2.24, 2.45) is 0 Å². The van der Waals surface area contributed by atoms with Gasteiger partial charge < -0.3 is 10.1 Å². The van der Waals surface area contributed by atoms with Gasteiger partial charge in [0.05, 0.1) is 7.11 Å². The van der Waals surface area contributed by atoms with Crippen LogP contribution in [0.5, 0.6) is 5.75 Å². The lowest BCUT2D eigenvalue weighted by Crippen LogP contribution is -2.10. The van der Waals surface area contributed by atoms with E-state index in [9.17, 15) is 4.79 Å². The minimum atomic E-state index is 0.195. The average molecular weight is 221 g/mol. The first kappa shape index (κ1) is 12.7. The molecule has 0 aliphatic heterocycles. The third-order valence-electron chi connectivity index (χ3n) is 2.55. The average Bonchev–Trinajstić information content (AvgIpc) is 2.29. The molecule has 0 aliphatic carbocycles. The van der Waals surface area contributed by atoms with Gasteiger partial charge in [0, 0.05) is 12.0 Å². The number of nitrogens with one attached hydrogen (secondary N) is 1. The van der Waals surface area contributed by atoms with Gasteiger partial charge in [0.15, 0.2) is 5.78 Å². The van der Waals surface area contributed by atoms with Gasteiger partial charge >= 0.3 is 0 Å². The molecule has 1 rings (SSSR count). The van der Waals surface area contributed by atoms with Gasteiger partial charge in [-0.05, 0) is 50.7 Å². The van der Waals surface area contributed by atoms with E-state index in [2.05, 4.69) is 5.32 Å². The van der Waals surface area contributed by atoms with E-state index < -0.39 is 0 Å². The molecule has 0 atom stereocenters. The molecule has 3 nitrogen and oxygen atoms in total. The SMILES string of the molecule is CNCCCC(=O)c1ccc(OC)c(C)c1. The van der Waals surface area contributed by atoms with Crippen LogP contribution in [0.25, 0.3) is 0 Å². The highest BCUT2D eigenvalue weighted by Crippen LogP contribution is 2.19. The van der Waals surface area contributed by atoms with Gasteiger partial charge in [-0.2, -0.15) is 0 Å². The number of aryl methyl sites for hydroxylation is 1. The maximum absolute atomic E-state index is 11.8. The Morgan fingerprint density at radius 2 is 2.19 bits per heavy atom. The van der Waals surface area contributed by atoms with Crippen LogP contribution < -0.4 is 10.1 Å². The van der Waals surface area contributed by atoms with Crippen molar-refractivity contribution in [3.8, 4) is 5.75 Å². The first-order chi connectivity index (χ1) is 7.69. The van der Waals surface area contributed by atoms with Crippen molar-refractivity contribution >= 4 is 5.78 Å². The number of ether oxygens (including phenoxy) is 1. The summed E-state index contributed by atoms with van der Waals surface area (Å²) in [4.78, 5) is 11.8. The standard InChI is InChI=1S/C13H19NO2/c1-10-9-11(6-7-13(10)16-3)12(15)5-4-8-14-2/h6-7,9,14H,4-5,8H2,1-3H3. The monoisotopic (exact) mass is 221 g/mol. The molecular formula is C13H19NO2. The normalized spacial score (nSPS) is 10.2. The van der Waals surface area contributed by atoms with Gasteiger partial charge in [-0.25, -0.2) is 0 Å². The molecule has 0 radical (unpaired) electrons. The molecule has 0 heterocycles. The molecule has 0 saturated carbocycles. The summed E-state index contributed by atoms with van der Waals surface area (Å²) in [6, 6.07) is 5.56. The number of carbonyl (C=O) groups is 1. The highest BCUT2D eigenvalue weighted by atomic mass is 16.5. The van der Waals surface area contributed by atoms with Crippen molar-refractivity contribution in [2.45, 2.75) is 19.8 Å². The van der Waals surface area contributed by atoms with Gasteiger partial charge in [0.25, 0.3) is 0 Å². The van der Waals surface area contributed by atoms with Crippen LogP contribution in [-0.4, -0.2) is 26.5 Å². The van der Waals surface area contributed by atoms with Gasteiger partial charge in [-0.3, -0.25) is 4.79 Å². The van der Waals surface area contributed by atoms with Crippen LogP contribution in [0.1, 0.15) is 28.8 Å². The first-order valence-corrected chi connectivity index (χ1v) is 5.51. The number of methoxy groups -OCH3 is 1. The summed E-state index contributed by atoms with van der Waals surface area (Å²) in [7, 11) is 3.53. The topological polar surface area (TPSA) is 38.3 Å². The molecule has 0 unspecified atom stereocenters. The Kier molecular flexibility index (Phi) is 4.99. The molecule has 88 valence electrons. The van der Waals surface area contributed by atoms with Crippen LogP contribution in [0.3, 0.4) is 0 Å². The Balaban J connectivity index is 2.66. The number of hydrogen-bond acceptors (Lipinski definition) is 3. The fourth-order valence-electron chi connectivity index (χ4n) is 1.62. The number of ketones is 1. The van der Waals surface area contributed by atoms with Crippen LogP contribution in [0, 0.1) is 6.92 Å². The van der Waals surface area contributed by atoms with Gasteiger partial charge in [-0.1, -0.05) is 0 Å². The second kappa shape index (κ2) is 6.28. The van der Waals surface area contributed by atoms with Crippen LogP contribution in [0.2, 0.25) is 0 Å². The predicted molar refractivity (Wildman–Crippen MR) is 65.2 cm³/mol. The van der Waals surface area contributed by atoms with Gasteiger partial charge in [0.2, 0.25) is 0 Å². The number of benzene rings is 1. The number of rotatable bonds is 6. The van der Waals surface area contributed by atoms with Crippen LogP contribution in [-0.2, 0) is 0 Å². The molecule has 16 heavy (non-hydrogen) atoms. The number of hydrogen-bond donors (Lipinski definition) is 1. The van der Waals surface area contributed by atoms with Crippen LogP contribution >= 0.6 is 0 Å². The lowest BCUT2D eigenvalue weighted by Gasteiger charge is -2.06. The Bertz CT molecular complexity index is 361. The number of Topliss-reactive ketones (excluding diaryl/α,β-unsaturated/α-hetero) is 1. The molecular weight excluding hydrogens is 202 g/mol. The zero-order valence-corrected chi connectivity index (χ0v) is 10.2. The van der Waals surface area contributed by atoms with E-state index in [4.69, 9.17) is 4.74 Å². The van der Waals surface area contributed by atoms with E-state index in [0.29, 0.717) is 6.42 Å². The zero-order valence-electron chi connectivity index (χ0n) is 10.2. The smallest absolute Gasteiger partial charge is 0.162 e. The Labute approximate surface area is 96.8 Å². The predicted octanol–water partition coefficient (Wildman–Crippen LogP) is 2.19.